The number of H-pyrrole nitrogens is 1. The highest BCUT2D eigenvalue weighted by molar-refractivity contribution is 7.71. The van der Waals surface area contributed by atoms with Gasteiger partial charge in [-0.15, -0.1) is 11.3 Å². The van der Waals surface area contributed by atoms with Crippen LogP contribution >= 0.6 is 23.6 Å². The molecular formula is C15H12N4O2S2. The average Bonchev–Trinajstić information content (AvgIpc) is 3.22. The summed E-state index contributed by atoms with van der Waals surface area (Å²) in [4.78, 5) is 12.4. The van der Waals surface area contributed by atoms with Crippen LogP contribution < -0.4 is 0 Å². The lowest BCUT2D eigenvalue weighted by Gasteiger charge is -2.00. The number of hydrogen-bond donors (Lipinski definition) is 1. The second-order valence-electron chi connectivity index (χ2n) is 4.50. The van der Waals surface area contributed by atoms with Gasteiger partial charge in [-0.2, -0.15) is 14.9 Å². The maximum Gasteiger partial charge on any atom is 0.337 e. The number of rotatable bonds is 4. The molecule has 23 heavy (non-hydrogen) atoms. The van der Waals surface area contributed by atoms with Gasteiger partial charge < -0.3 is 4.74 Å². The zero-order chi connectivity index (χ0) is 16.2. The molecular weight excluding hydrogens is 332 g/mol. The fraction of sp³-hybridized carbons (Fsp3) is 0.0667. The Balaban J connectivity index is 1.88. The van der Waals surface area contributed by atoms with Crippen molar-refractivity contribution >= 4 is 35.7 Å². The number of aromatic nitrogens is 3. The van der Waals surface area contributed by atoms with E-state index in [1.54, 1.807) is 46.5 Å². The van der Waals surface area contributed by atoms with Crippen molar-refractivity contribution in [3.63, 3.8) is 0 Å². The van der Waals surface area contributed by atoms with Gasteiger partial charge in [0, 0.05) is 0 Å². The quantitative estimate of drug-likeness (QED) is 0.448. The van der Waals surface area contributed by atoms with Crippen LogP contribution in [0.1, 0.15) is 15.9 Å². The fourth-order valence-electron chi connectivity index (χ4n) is 1.91. The van der Waals surface area contributed by atoms with Crippen LogP contribution in [0.15, 0.2) is 46.9 Å². The molecule has 0 saturated heterocycles. The number of hydrogen-bond acceptors (Lipinski definition) is 6. The Morgan fingerprint density at radius 2 is 2.17 bits per heavy atom. The highest BCUT2D eigenvalue weighted by Gasteiger charge is 2.08. The first-order valence-corrected chi connectivity index (χ1v) is 7.92. The Morgan fingerprint density at radius 3 is 2.83 bits per heavy atom. The summed E-state index contributed by atoms with van der Waals surface area (Å²) in [6.45, 7) is 0. The Morgan fingerprint density at radius 1 is 1.39 bits per heavy atom. The number of thiophene rings is 1. The second-order valence-corrected chi connectivity index (χ2v) is 5.83. The fourth-order valence-corrected chi connectivity index (χ4v) is 2.79. The van der Waals surface area contributed by atoms with Gasteiger partial charge in [-0.3, -0.25) is 0 Å². The van der Waals surface area contributed by atoms with E-state index in [9.17, 15) is 4.79 Å². The molecule has 0 unspecified atom stereocenters. The number of nitrogens with one attached hydrogen (secondary N) is 1. The number of carbonyl (C=O) groups excluding carboxylic acids is 1. The number of ether oxygens (including phenoxy) is 1. The van der Waals surface area contributed by atoms with E-state index >= 15 is 0 Å². The Kier molecular flexibility index (Phi) is 4.45. The molecule has 3 rings (SSSR count). The lowest BCUT2D eigenvalue weighted by molar-refractivity contribution is 0.0600. The molecule has 0 amide bonds. The summed E-state index contributed by atoms with van der Waals surface area (Å²) in [5.74, 6) is 0.290. The van der Waals surface area contributed by atoms with Crippen LogP contribution in [-0.2, 0) is 4.74 Å². The van der Waals surface area contributed by atoms with Crippen LogP contribution in [-0.4, -0.2) is 34.2 Å². The standard InChI is InChI=1S/C15H12N4O2S2/c1-21-14(20)11-6-4-10(5-7-11)9-16-19-13(17-18-15(19)22)12-3-2-8-23-12/h2-9H,1H3,(H,18,22)/b16-9+. The molecule has 0 saturated carbocycles. The van der Waals surface area contributed by atoms with E-state index in [-0.39, 0.29) is 5.97 Å². The van der Waals surface area contributed by atoms with Gasteiger partial charge in [0.1, 0.15) is 0 Å². The molecule has 116 valence electrons. The molecule has 0 radical (unpaired) electrons. The molecule has 2 aromatic heterocycles. The largest absolute Gasteiger partial charge is 0.465 e. The monoisotopic (exact) mass is 344 g/mol. The van der Waals surface area contributed by atoms with Gasteiger partial charge in [0.25, 0.3) is 0 Å². The lowest BCUT2D eigenvalue weighted by Crippen LogP contribution is -2.01. The Bertz CT molecular complexity index is 892. The maximum atomic E-state index is 11.4. The summed E-state index contributed by atoms with van der Waals surface area (Å²) in [6, 6.07) is 10.8. The number of carbonyl (C=O) groups is 1. The summed E-state index contributed by atoms with van der Waals surface area (Å²) in [6.07, 6.45) is 1.66. The second kappa shape index (κ2) is 6.67. The first kappa shape index (κ1) is 15.3. The van der Waals surface area contributed by atoms with Crippen LogP contribution in [0.2, 0.25) is 0 Å². The molecule has 0 aliphatic carbocycles. The summed E-state index contributed by atoms with van der Waals surface area (Å²) in [7, 11) is 1.35. The first-order valence-electron chi connectivity index (χ1n) is 6.63. The third kappa shape index (κ3) is 3.27. The average molecular weight is 344 g/mol. The number of nitrogens with zero attached hydrogens (tertiary/aromatic N) is 3. The predicted octanol–water partition coefficient (Wildman–Crippen LogP) is 3.34. The van der Waals surface area contributed by atoms with Crippen molar-refractivity contribution in [3.05, 3.63) is 57.7 Å². The summed E-state index contributed by atoms with van der Waals surface area (Å²) < 4.78 is 6.64. The van der Waals surface area contributed by atoms with Crippen molar-refractivity contribution < 1.29 is 9.53 Å². The van der Waals surface area contributed by atoms with Crippen molar-refractivity contribution in [1.82, 2.24) is 14.9 Å². The number of methoxy groups -OCH3 is 1. The van der Waals surface area contributed by atoms with Gasteiger partial charge >= 0.3 is 5.97 Å². The van der Waals surface area contributed by atoms with Crippen molar-refractivity contribution in [3.8, 4) is 10.7 Å². The molecule has 0 bridgehead atoms. The van der Waals surface area contributed by atoms with E-state index < -0.39 is 0 Å². The third-order valence-electron chi connectivity index (χ3n) is 3.05. The summed E-state index contributed by atoms with van der Waals surface area (Å²) in [5.41, 5.74) is 1.32. The van der Waals surface area contributed by atoms with Gasteiger partial charge in [0.15, 0.2) is 5.82 Å². The topological polar surface area (TPSA) is 72.3 Å². The van der Waals surface area contributed by atoms with E-state index in [0.29, 0.717) is 16.2 Å². The number of benzene rings is 1. The van der Waals surface area contributed by atoms with Crippen LogP contribution in [0.5, 0.6) is 0 Å². The smallest absolute Gasteiger partial charge is 0.337 e. The van der Waals surface area contributed by atoms with Gasteiger partial charge in [0.2, 0.25) is 4.77 Å². The van der Waals surface area contributed by atoms with Crippen molar-refractivity contribution in [2.24, 2.45) is 5.10 Å². The van der Waals surface area contributed by atoms with Gasteiger partial charge in [-0.25, -0.2) is 9.89 Å². The molecule has 2 heterocycles. The first-order chi connectivity index (χ1) is 11.2. The predicted molar refractivity (Wildman–Crippen MR) is 91.5 cm³/mol. The SMILES string of the molecule is COC(=O)c1ccc(/C=N/n2c(-c3cccs3)n[nH]c2=S)cc1. The van der Waals surface area contributed by atoms with Gasteiger partial charge in [0.05, 0.1) is 23.8 Å². The molecule has 0 atom stereocenters. The molecule has 1 aromatic carbocycles. The minimum atomic E-state index is -0.370. The van der Waals surface area contributed by atoms with Crippen molar-refractivity contribution in [1.29, 1.82) is 0 Å². The molecule has 0 fully saturated rings. The lowest BCUT2D eigenvalue weighted by atomic mass is 10.1. The van der Waals surface area contributed by atoms with Crippen LogP contribution in [0, 0.1) is 4.77 Å². The minimum absolute atomic E-state index is 0.370. The molecule has 6 nitrogen and oxygen atoms in total. The minimum Gasteiger partial charge on any atom is -0.465 e. The molecule has 0 aliphatic heterocycles. The van der Waals surface area contributed by atoms with Crippen LogP contribution in [0.4, 0.5) is 0 Å². The van der Waals surface area contributed by atoms with Crippen molar-refractivity contribution in [2.45, 2.75) is 0 Å². The van der Waals surface area contributed by atoms with Gasteiger partial charge in [-0.1, -0.05) is 18.2 Å². The molecule has 1 N–H and O–H groups in total. The van der Waals surface area contributed by atoms with Crippen LogP contribution in [0.3, 0.4) is 0 Å². The van der Waals surface area contributed by atoms with Crippen LogP contribution in [0.25, 0.3) is 10.7 Å². The number of esters is 1. The molecule has 8 heteroatoms. The highest BCUT2D eigenvalue weighted by atomic mass is 32.1. The maximum absolute atomic E-state index is 11.4. The number of aromatic amines is 1. The van der Waals surface area contributed by atoms with E-state index in [0.717, 1.165) is 10.4 Å². The molecule has 3 aromatic rings. The van der Waals surface area contributed by atoms with E-state index in [4.69, 9.17) is 12.2 Å². The van der Waals surface area contributed by atoms with E-state index in [2.05, 4.69) is 20.0 Å². The molecule has 0 aliphatic rings. The normalized spacial score (nSPS) is 11.0. The van der Waals surface area contributed by atoms with Crippen molar-refractivity contribution in [2.75, 3.05) is 7.11 Å². The van der Waals surface area contributed by atoms with E-state index in [1.165, 1.54) is 7.11 Å². The summed E-state index contributed by atoms with van der Waals surface area (Å²) >= 11 is 6.77. The summed E-state index contributed by atoms with van der Waals surface area (Å²) in [5, 5.41) is 13.3. The Labute approximate surface area is 141 Å². The van der Waals surface area contributed by atoms with Gasteiger partial charge in [-0.05, 0) is 41.4 Å². The Hall–Kier alpha value is -2.58. The van der Waals surface area contributed by atoms with E-state index in [1.807, 2.05) is 17.5 Å². The zero-order valence-electron chi connectivity index (χ0n) is 12.1. The highest BCUT2D eigenvalue weighted by Crippen LogP contribution is 2.22. The molecule has 0 spiro atoms. The third-order valence-corrected chi connectivity index (χ3v) is 4.18. The zero-order valence-corrected chi connectivity index (χ0v) is 13.7.